The van der Waals surface area contributed by atoms with Gasteiger partial charge in [0.05, 0.1) is 23.3 Å². The van der Waals surface area contributed by atoms with Crippen molar-refractivity contribution in [1.82, 2.24) is 10.9 Å². The van der Waals surface area contributed by atoms with Gasteiger partial charge in [-0.1, -0.05) is 0 Å². The third-order valence-electron chi connectivity index (χ3n) is 2.88. The molecule has 2 heterocycles. The Hall–Kier alpha value is -1.72. The van der Waals surface area contributed by atoms with Crippen LogP contribution in [0.3, 0.4) is 0 Å². The molecule has 2 atom stereocenters. The van der Waals surface area contributed by atoms with E-state index in [1.54, 1.807) is 0 Å². The van der Waals surface area contributed by atoms with Gasteiger partial charge in [0.15, 0.2) is 0 Å². The maximum Gasteiger partial charge on any atom is 0.249 e. The number of hydrogen-bond donors (Lipinski definition) is 2. The molecule has 1 fully saturated rings. The molecule has 2 aliphatic heterocycles. The molecule has 0 radical (unpaired) electrons. The number of rotatable bonds is 0. The van der Waals surface area contributed by atoms with E-state index in [2.05, 4.69) is 21.1 Å². The van der Waals surface area contributed by atoms with Gasteiger partial charge >= 0.3 is 0 Å². The fourth-order valence-electron chi connectivity index (χ4n) is 2.08. The zero-order valence-electron chi connectivity index (χ0n) is 7.28. The first kappa shape index (κ1) is 7.66. The summed E-state index contributed by atoms with van der Waals surface area (Å²) in [5, 5.41) is 7.83. The lowest BCUT2D eigenvalue weighted by molar-refractivity contribution is -0.123. The molecule has 3 aliphatic rings. The van der Waals surface area contributed by atoms with Crippen molar-refractivity contribution in [3.05, 3.63) is 0 Å². The van der Waals surface area contributed by atoms with E-state index >= 15 is 0 Å². The van der Waals surface area contributed by atoms with Crippen LogP contribution in [0.5, 0.6) is 0 Å². The highest BCUT2D eigenvalue weighted by molar-refractivity contribution is 6.20. The zero-order valence-corrected chi connectivity index (χ0v) is 7.28. The quantitative estimate of drug-likeness (QED) is 0.515. The molecule has 0 bridgehead atoms. The molecule has 0 aromatic rings. The van der Waals surface area contributed by atoms with Crippen molar-refractivity contribution in [2.75, 3.05) is 0 Å². The van der Waals surface area contributed by atoms with E-state index in [0.29, 0.717) is 12.8 Å². The number of amides is 2. The van der Waals surface area contributed by atoms with Gasteiger partial charge in [0, 0.05) is 12.8 Å². The molecule has 2 unspecified atom stereocenters. The van der Waals surface area contributed by atoms with Crippen molar-refractivity contribution in [3.63, 3.8) is 0 Å². The van der Waals surface area contributed by atoms with Gasteiger partial charge in [-0.25, -0.2) is 10.9 Å². The maximum atomic E-state index is 11.3. The van der Waals surface area contributed by atoms with Gasteiger partial charge in [-0.05, 0) is 0 Å². The highest BCUT2D eigenvalue weighted by atomic mass is 16.2. The summed E-state index contributed by atoms with van der Waals surface area (Å²) >= 11 is 0. The Morgan fingerprint density at radius 3 is 1.79 bits per heavy atom. The second-order valence-electron chi connectivity index (χ2n) is 3.67. The molecule has 3 rings (SSSR count). The number of hydrazone groups is 2. The standard InChI is InChI=1S/C8H8N4O2/c13-7-3-1-5-4(8(14)12-9-5)2-6(3)10-11-7/h3-4H,1-2H2,(H,11,13)(H,12,14). The molecule has 2 amide bonds. The average Bonchev–Trinajstić information content (AvgIpc) is 2.71. The van der Waals surface area contributed by atoms with Crippen molar-refractivity contribution in [1.29, 1.82) is 0 Å². The molecular weight excluding hydrogens is 184 g/mol. The van der Waals surface area contributed by atoms with Crippen LogP contribution in [0.4, 0.5) is 0 Å². The lowest BCUT2D eigenvalue weighted by Gasteiger charge is -2.20. The molecular formula is C8H8N4O2. The Balaban J connectivity index is 1.94. The summed E-state index contributed by atoms with van der Waals surface area (Å²) in [5.41, 5.74) is 6.43. The smallest absolute Gasteiger partial charge is 0.249 e. The van der Waals surface area contributed by atoms with Crippen LogP contribution in [0.2, 0.25) is 0 Å². The second kappa shape index (κ2) is 2.40. The van der Waals surface area contributed by atoms with Gasteiger partial charge in [-0.3, -0.25) is 9.59 Å². The molecule has 14 heavy (non-hydrogen) atoms. The SMILES string of the molecule is O=C1NN=C2CC3C(=O)NN=C3CC12. The molecule has 0 aromatic carbocycles. The summed E-state index contributed by atoms with van der Waals surface area (Å²) < 4.78 is 0. The summed E-state index contributed by atoms with van der Waals surface area (Å²) in [6.07, 6.45) is 1.04. The van der Waals surface area contributed by atoms with Crippen molar-refractivity contribution >= 4 is 23.2 Å². The average molecular weight is 192 g/mol. The van der Waals surface area contributed by atoms with Crippen LogP contribution in [-0.4, -0.2) is 23.2 Å². The lowest BCUT2D eigenvalue weighted by atomic mass is 9.79. The summed E-state index contributed by atoms with van der Waals surface area (Å²) in [5.74, 6) is -0.559. The maximum absolute atomic E-state index is 11.3. The number of fused-ring (bicyclic) bond motifs is 2. The van der Waals surface area contributed by atoms with Gasteiger partial charge in [-0.15, -0.1) is 0 Å². The van der Waals surface area contributed by atoms with Crippen LogP contribution < -0.4 is 10.9 Å². The monoisotopic (exact) mass is 192 g/mol. The third kappa shape index (κ3) is 0.850. The number of carbonyl (C=O) groups excluding carboxylic acids is 2. The van der Waals surface area contributed by atoms with Gasteiger partial charge in [0.1, 0.15) is 0 Å². The Labute approximate surface area is 79.4 Å². The van der Waals surface area contributed by atoms with Crippen LogP contribution >= 0.6 is 0 Å². The molecule has 1 saturated carbocycles. The predicted octanol–water partition coefficient (Wildman–Crippen LogP) is -1.02. The number of hydrogen-bond acceptors (Lipinski definition) is 4. The lowest BCUT2D eigenvalue weighted by Crippen LogP contribution is -2.36. The van der Waals surface area contributed by atoms with E-state index in [-0.39, 0.29) is 23.7 Å². The molecule has 0 aromatic heterocycles. The van der Waals surface area contributed by atoms with E-state index in [1.807, 2.05) is 0 Å². The molecule has 6 nitrogen and oxygen atoms in total. The van der Waals surface area contributed by atoms with Gasteiger partial charge < -0.3 is 0 Å². The Morgan fingerprint density at radius 2 is 1.36 bits per heavy atom. The molecule has 6 heteroatoms. The second-order valence-corrected chi connectivity index (χ2v) is 3.67. The minimum Gasteiger partial charge on any atom is -0.272 e. The fraction of sp³-hybridized carbons (Fsp3) is 0.500. The van der Waals surface area contributed by atoms with Crippen molar-refractivity contribution in [2.45, 2.75) is 12.8 Å². The van der Waals surface area contributed by atoms with Gasteiger partial charge in [-0.2, -0.15) is 10.2 Å². The van der Waals surface area contributed by atoms with E-state index in [0.717, 1.165) is 11.4 Å². The molecule has 1 aliphatic carbocycles. The van der Waals surface area contributed by atoms with Gasteiger partial charge in [0.2, 0.25) is 11.8 Å². The number of carbonyl (C=O) groups is 2. The number of nitrogens with one attached hydrogen (secondary N) is 2. The predicted molar refractivity (Wildman–Crippen MR) is 47.4 cm³/mol. The largest absolute Gasteiger partial charge is 0.272 e. The summed E-state index contributed by atoms with van der Waals surface area (Å²) in [6.45, 7) is 0. The molecule has 2 N–H and O–H groups in total. The summed E-state index contributed by atoms with van der Waals surface area (Å²) in [6, 6.07) is 0. The van der Waals surface area contributed by atoms with Gasteiger partial charge in [0.25, 0.3) is 0 Å². The van der Waals surface area contributed by atoms with Crippen LogP contribution in [-0.2, 0) is 9.59 Å². The minimum absolute atomic E-state index is 0.0829. The normalized spacial score (nSPS) is 34.0. The van der Waals surface area contributed by atoms with E-state index in [4.69, 9.17) is 0 Å². The Morgan fingerprint density at radius 1 is 0.929 bits per heavy atom. The third-order valence-corrected chi connectivity index (χ3v) is 2.88. The van der Waals surface area contributed by atoms with E-state index in [1.165, 1.54) is 0 Å². The first-order valence-electron chi connectivity index (χ1n) is 4.48. The summed E-state index contributed by atoms with van der Waals surface area (Å²) in [7, 11) is 0. The molecule has 0 saturated heterocycles. The van der Waals surface area contributed by atoms with Crippen LogP contribution in [0.15, 0.2) is 10.2 Å². The Kier molecular flexibility index (Phi) is 1.31. The first-order chi connectivity index (χ1) is 6.75. The fourth-order valence-corrected chi connectivity index (χ4v) is 2.08. The van der Waals surface area contributed by atoms with Crippen LogP contribution in [0.1, 0.15) is 12.8 Å². The Bertz CT molecular complexity index is 360. The molecule has 72 valence electrons. The van der Waals surface area contributed by atoms with E-state index < -0.39 is 0 Å². The number of nitrogens with zero attached hydrogens (tertiary/aromatic N) is 2. The topological polar surface area (TPSA) is 82.9 Å². The summed E-state index contributed by atoms with van der Waals surface area (Å²) in [4.78, 5) is 22.6. The van der Waals surface area contributed by atoms with Crippen LogP contribution in [0, 0.1) is 11.8 Å². The first-order valence-corrected chi connectivity index (χ1v) is 4.48. The van der Waals surface area contributed by atoms with Crippen molar-refractivity contribution < 1.29 is 9.59 Å². The van der Waals surface area contributed by atoms with Crippen molar-refractivity contribution in [3.8, 4) is 0 Å². The molecule has 0 spiro atoms. The highest BCUT2D eigenvalue weighted by Gasteiger charge is 2.43. The minimum atomic E-state index is -0.197. The zero-order chi connectivity index (χ0) is 9.71. The van der Waals surface area contributed by atoms with Crippen LogP contribution in [0.25, 0.3) is 0 Å². The van der Waals surface area contributed by atoms with E-state index in [9.17, 15) is 9.59 Å². The van der Waals surface area contributed by atoms with Crippen molar-refractivity contribution in [2.24, 2.45) is 22.0 Å². The highest BCUT2D eigenvalue weighted by Crippen LogP contribution is 2.29.